The molecule has 2 atom stereocenters. The number of hydrogen-bond donors (Lipinski definition) is 1. The van der Waals surface area contributed by atoms with Crippen LogP contribution in [-0.4, -0.2) is 44.0 Å². The van der Waals surface area contributed by atoms with Gasteiger partial charge < -0.3 is 10.1 Å². The zero-order valence-corrected chi connectivity index (χ0v) is 9.27. The molecular weight excluding hydrogens is 230 g/mol. The highest BCUT2D eigenvalue weighted by atomic mass is 35.5. The number of alkyl halides is 1. The molecule has 0 aliphatic carbocycles. The first-order valence-corrected chi connectivity index (χ1v) is 6.48. The van der Waals surface area contributed by atoms with Crippen molar-refractivity contribution in [3.63, 3.8) is 0 Å². The fraction of sp³-hybridized carbons (Fsp3) is 0.857. The van der Waals surface area contributed by atoms with Gasteiger partial charge in [0.1, 0.15) is 0 Å². The summed E-state index contributed by atoms with van der Waals surface area (Å²) in [5.41, 5.74) is 0. The SMILES string of the molecule is CCOC(=O)N[C@H]1CS(=O)(=O)C[C@@H]1Cl. The van der Waals surface area contributed by atoms with Gasteiger partial charge in [0, 0.05) is 0 Å². The molecule has 1 heterocycles. The van der Waals surface area contributed by atoms with E-state index >= 15 is 0 Å². The Kier molecular flexibility index (Phi) is 3.60. The molecular formula is C7H12ClNO4S. The van der Waals surface area contributed by atoms with E-state index in [2.05, 4.69) is 10.1 Å². The second-order valence-corrected chi connectivity index (χ2v) is 5.78. The number of hydrogen-bond acceptors (Lipinski definition) is 4. The van der Waals surface area contributed by atoms with E-state index in [1.54, 1.807) is 6.92 Å². The fourth-order valence-corrected chi connectivity index (χ4v) is 3.81. The molecule has 0 radical (unpaired) electrons. The van der Waals surface area contributed by atoms with Gasteiger partial charge in [-0.1, -0.05) is 0 Å². The van der Waals surface area contributed by atoms with Crippen LogP contribution in [0.3, 0.4) is 0 Å². The van der Waals surface area contributed by atoms with Crippen molar-refractivity contribution in [2.45, 2.75) is 18.3 Å². The summed E-state index contributed by atoms with van der Waals surface area (Å²) in [5.74, 6) is -0.203. The summed E-state index contributed by atoms with van der Waals surface area (Å²) in [6.07, 6.45) is -0.625. The summed E-state index contributed by atoms with van der Waals surface area (Å²) in [4.78, 5) is 11.0. The smallest absolute Gasteiger partial charge is 0.407 e. The van der Waals surface area contributed by atoms with Gasteiger partial charge in [0.05, 0.1) is 29.5 Å². The second kappa shape index (κ2) is 4.35. The van der Waals surface area contributed by atoms with E-state index in [1.165, 1.54) is 0 Å². The lowest BCUT2D eigenvalue weighted by Gasteiger charge is -2.13. The molecule has 0 unspecified atom stereocenters. The second-order valence-electron chi connectivity index (χ2n) is 3.06. The molecule has 0 aromatic heterocycles. The monoisotopic (exact) mass is 241 g/mol. The van der Waals surface area contributed by atoms with Crippen LogP contribution in [0.25, 0.3) is 0 Å². The van der Waals surface area contributed by atoms with Crippen molar-refractivity contribution in [3.8, 4) is 0 Å². The first-order chi connectivity index (χ1) is 6.44. The normalized spacial score (nSPS) is 29.9. The average Bonchev–Trinajstić information content (AvgIpc) is 2.25. The van der Waals surface area contributed by atoms with Gasteiger partial charge in [-0.25, -0.2) is 13.2 Å². The van der Waals surface area contributed by atoms with E-state index in [0.717, 1.165) is 0 Å². The third kappa shape index (κ3) is 3.02. The Labute approximate surface area is 87.7 Å². The van der Waals surface area contributed by atoms with E-state index in [9.17, 15) is 13.2 Å². The molecule has 0 aromatic rings. The van der Waals surface area contributed by atoms with Gasteiger partial charge in [-0.3, -0.25) is 0 Å². The quantitative estimate of drug-likeness (QED) is 0.698. The van der Waals surface area contributed by atoms with Crippen molar-refractivity contribution >= 4 is 27.5 Å². The van der Waals surface area contributed by atoms with Crippen LogP contribution in [0.15, 0.2) is 0 Å². The number of amides is 1. The summed E-state index contributed by atoms with van der Waals surface area (Å²) < 4.78 is 26.8. The van der Waals surface area contributed by atoms with Crippen LogP contribution in [0.2, 0.25) is 0 Å². The Balaban J connectivity index is 2.51. The van der Waals surface area contributed by atoms with Gasteiger partial charge in [0.25, 0.3) is 0 Å². The van der Waals surface area contributed by atoms with Crippen LogP contribution in [-0.2, 0) is 14.6 Å². The summed E-state index contributed by atoms with van der Waals surface area (Å²) in [6.45, 7) is 1.92. The maximum Gasteiger partial charge on any atom is 0.407 e. The van der Waals surface area contributed by atoms with Crippen molar-refractivity contribution in [2.75, 3.05) is 18.1 Å². The van der Waals surface area contributed by atoms with Crippen LogP contribution >= 0.6 is 11.6 Å². The molecule has 1 fully saturated rings. The Morgan fingerprint density at radius 3 is 2.64 bits per heavy atom. The number of carbonyl (C=O) groups is 1. The van der Waals surface area contributed by atoms with E-state index in [1.807, 2.05) is 0 Å². The molecule has 0 spiro atoms. The lowest BCUT2D eigenvalue weighted by Crippen LogP contribution is -2.40. The maximum absolute atomic E-state index is 11.1. The molecule has 82 valence electrons. The number of sulfone groups is 1. The van der Waals surface area contributed by atoms with Crippen LogP contribution in [0, 0.1) is 0 Å². The Morgan fingerprint density at radius 1 is 1.57 bits per heavy atom. The number of alkyl carbamates (subject to hydrolysis) is 1. The average molecular weight is 242 g/mol. The lowest BCUT2D eigenvalue weighted by molar-refractivity contribution is 0.149. The predicted molar refractivity (Wildman–Crippen MR) is 52.2 cm³/mol. The van der Waals surface area contributed by atoms with Gasteiger partial charge >= 0.3 is 6.09 Å². The first-order valence-electron chi connectivity index (χ1n) is 4.22. The molecule has 1 aliphatic rings. The van der Waals surface area contributed by atoms with Crippen molar-refractivity contribution in [1.29, 1.82) is 0 Å². The third-order valence-electron chi connectivity index (χ3n) is 1.86. The maximum atomic E-state index is 11.1. The Morgan fingerprint density at radius 2 is 2.21 bits per heavy atom. The molecule has 7 heteroatoms. The molecule has 14 heavy (non-hydrogen) atoms. The van der Waals surface area contributed by atoms with Gasteiger partial charge in [-0.05, 0) is 6.92 Å². The largest absolute Gasteiger partial charge is 0.450 e. The van der Waals surface area contributed by atoms with E-state index in [-0.39, 0.29) is 18.1 Å². The molecule has 1 rings (SSSR count). The molecule has 1 aliphatic heterocycles. The van der Waals surface area contributed by atoms with Crippen molar-refractivity contribution in [2.24, 2.45) is 0 Å². The zero-order chi connectivity index (χ0) is 10.8. The highest BCUT2D eigenvalue weighted by Gasteiger charge is 2.37. The van der Waals surface area contributed by atoms with Crippen molar-refractivity contribution in [1.82, 2.24) is 5.32 Å². The van der Waals surface area contributed by atoms with Crippen LogP contribution < -0.4 is 5.32 Å². The summed E-state index contributed by atoms with van der Waals surface area (Å²) in [5, 5.41) is 1.85. The number of halogens is 1. The van der Waals surface area contributed by atoms with Gasteiger partial charge in [0.2, 0.25) is 0 Å². The van der Waals surface area contributed by atoms with Crippen LogP contribution in [0.4, 0.5) is 4.79 Å². The Bertz CT molecular complexity index is 316. The van der Waals surface area contributed by atoms with E-state index < -0.39 is 27.3 Å². The van der Waals surface area contributed by atoms with Crippen LogP contribution in [0.1, 0.15) is 6.92 Å². The highest BCUT2D eigenvalue weighted by Crippen LogP contribution is 2.17. The van der Waals surface area contributed by atoms with Gasteiger partial charge in [-0.15, -0.1) is 11.6 Å². The summed E-state index contributed by atoms with van der Waals surface area (Å²) >= 11 is 5.76. The number of rotatable bonds is 2. The minimum atomic E-state index is -3.11. The molecule has 1 N–H and O–H groups in total. The number of carbonyl (C=O) groups excluding carboxylic acids is 1. The van der Waals surface area contributed by atoms with E-state index in [0.29, 0.717) is 0 Å². The minimum absolute atomic E-state index is 0.0916. The number of ether oxygens (including phenoxy) is 1. The first kappa shape index (κ1) is 11.6. The predicted octanol–water partition coefficient (Wildman–Crippen LogP) is 0.137. The fourth-order valence-electron chi connectivity index (χ4n) is 1.26. The van der Waals surface area contributed by atoms with Gasteiger partial charge in [-0.2, -0.15) is 0 Å². The number of nitrogens with one attached hydrogen (secondary N) is 1. The molecule has 5 nitrogen and oxygen atoms in total. The van der Waals surface area contributed by atoms with Gasteiger partial charge in [0.15, 0.2) is 9.84 Å². The lowest BCUT2D eigenvalue weighted by atomic mass is 10.3. The molecule has 1 saturated heterocycles. The molecule has 1 amide bonds. The van der Waals surface area contributed by atoms with Crippen LogP contribution in [0.5, 0.6) is 0 Å². The topological polar surface area (TPSA) is 72.5 Å². The molecule has 0 aromatic carbocycles. The summed E-state index contributed by atoms with van der Waals surface area (Å²) in [6, 6.07) is -0.541. The third-order valence-corrected chi connectivity index (χ3v) is 4.24. The standard InChI is InChI=1S/C7H12ClNO4S/c1-2-13-7(10)9-6-4-14(11,12)3-5(6)8/h5-6H,2-4H2,1H3,(H,9,10)/t5-,6-/m0/s1. The van der Waals surface area contributed by atoms with Crippen molar-refractivity contribution in [3.05, 3.63) is 0 Å². The van der Waals surface area contributed by atoms with Crippen molar-refractivity contribution < 1.29 is 17.9 Å². The Hall–Kier alpha value is -0.490. The molecule has 0 bridgehead atoms. The summed E-state index contributed by atoms with van der Waals surface area (Å²) in [7, 11) is -3.11. The molecule has 0 saturated carbocycles. The highest BCUT2D eigenvalue weighted by molar-refractivity contribution is 7.91. The van der Waals surface area contributed by atoms with E-state index in [4.69, 9.17) is 11.6 Å². The zero-order valence-electron chi connectivity index (χ0n) is 7.70. The minimum Gasteiger partial charge on any atom is -0.450 e.